The molecule has 0 fully saturated rings. The summed E-state index contributed by atoms with van der Waals surface area (Å²) >= 11 is 0. The third-order valence-electron chi connectivity index (χ3n) is 2.54. The molecular formula is C13H11N3O4. The van der Waals surface area contributed by atoms with Gasteiger partial charge in [-0.15, -0.1) is 0 Å². The van der Waals surface area contributed by atoms with Crippen LogP contribution in [0.15, 0.2) is 52.2 Å². The van der Waals surface area contributed by atoms with Crippen LogP contribution in [0.2, 0.25) is 0 Å². The first-order valence-electron chi connectivity index (χ1n) is 5.71. The van der Waals surface area contributed by atoms with Crippen LogP contribution in [0.1, 0.15) is 23.0 Å². The van der Waals surface area contributed by atoms with E-state index in [1.807, 2.05) is 0 Å². The van der Waals surface area contributed by atoms with Gasteiger partial charge in [0.25, 0.3) is 11.6 Å². The lowest BCUT2D eigenvalue weighted by Gasteiger charge is -2.01. The van der Waals surface area contributed by atoms with Gasteiger partial charge in [0.15, 0.2) is 0 Å². The maximum atomic E-state index is 11.8. The van der Waals surface area contributed by atoms with Gasteiger partial charge in [-0.25, -0.2) is 5.43 Å². The van der Waals surface area contributed by atoms with Crippen LogP contribution in [0.25, 0.3) is 0 Å². The molecule has 0 atom stereocenters. The summed E-state index contributed by atoms with van der Waals surface area (Å²) in [5.74, 6) is 0.0970. The SMILES string of the molecule is C/C(=N\NC(=O)c1ccc([N+](=O)[O-])cc1)c1ccco1. The van der Waals surface area contributed by atoms with Crippen LogP contribution in [0, 0.1) is 10.1 Å². The molecule has 0 aliphatic carbocycles. The van der Waals surface area contributed by atoms with Crippen molar-refractivity contribution in [2.45, 2.75) is 6.92 Å². The molecule has 7 nitrogen and oxygen atoms in total. The van der Waals surface area contributed by atoms with E-state index in [-0.39, 0.29) is 11.3 Å². The summed E-state index contributed by atoms with van der Waals surface area (Å²) in [7, 11) is 0. The molecule has 0 unspecified atom stereocenters. The molecule has 0 spiro atoms. The molecule has 0 bridgehead atoms. The average Bonchev–Trinajstić information content (AvgIpc) is 2.98. The van der Waals surface area contributed by atoms with Gasteiger partial charge in [0.2, 0.25) is 0 Å². The van der Waals surface area contributed by atoms with Crippen LogP contribution >= 0.6 is 0 Å². The second-order valence-electron chi connectivity index (χ2n) is 3.92. The summed E-state index contributed by atoms with van der Waals surface area (Å²) in [4.78, 5) is 21.8. The average molecular weight is 273 g/mol. The zero-order valence-corrected chi connectivity index (χ0v) is 10.6. The summed E-state index contributed by atoms with van der Waals surface area (Å²) < 4.78 is 5.12. The van der Waals surface area contributed by atoms with Crippen molar-refractivity contribution in [3.8, 4) is 0 Å². The zero-order valence-electron chi connectivity index (χ0n) is 10.6. The molecule has 20 heavy (non-hydrogen) atoms. The number of benzene rings is 1. The summed E-state index contributed by atoms with van der Waals surface area (Å²) in [6.45, 7) is 1.69. The number of furan rings is 1. The highest BCUT2D eigenvalue weighted by atomic mass is 16.6. The van der Waals surface area contributed by atoms with E-state index in [0.29, 0.717) is 11.5 Å². The first-order valence-corrected chi connectivity index (χ1v) is 5.71. The van der Waals surface area contributed by atoms with Gasteiger partial charge in [-0.2, -0.15) is 5.10 Å². The second-order valence-corrected chi connectivity index (χ2v) is 3.92. The van der Waals surface area contributed by atoms with Crippen LogP contribution in [0.4, 0.5) is 5.69 Å². The number of hydrogen-bond donors (Lipinski definition) is 1. The summed E-state index contributed by atoms with van der Waals surface area (Å²) in [5, 5.41) is 14.4. The fourth-order valence-corrected chi connectivity index (χ4v) is 1.47. The highest BCUT2D eigenvalue weighted by molar-refractivity contribution is 5.99. The van der Waals surface area contributed by atoms with Crippen molar-refractivity contribution < 1.29 is 14.1 Å². The van der Waals surface area contributed by atoms with E-state index < -0.39 is 10.8 Å². The number of nitrogens with one attached hydrogen (secondary N) is 1. The van der Waals surface area contributed by atoms with Gasteiger partial charge < -0.3 is 4.42 Å². The van der Waals surface area contributed by atoms with E-state index in [1.54, 1.807) is 19.1 Å². The minimum absolute atomic E-state index is 0.0724. The van der Waals surface area contributed by atoms with Gasteiger partial charge in [-0.3, -0.25) is 14.9 Å². The van der Waals surface area contributed by atoms with Gasteiger partial charge in [0, 0.05) is 17.7 Å². The van der Waals surface area contributed by atoms with Crippen LogP contribution in [-0.4, -0.2) is 16.5 Å². The fraction of sp³-hybridized carbons (Fsp3) is 0.0769. The van der Waals surface area contributed by atoms with Crippen molar-refractivity contribution in [1.29, 1.82) is 0 Å². The third-order valence-corrected chi connectivity index (χ3v) is 2.54. The molecule has 1 aromatic carbocycles. The highest BCUT2D eigenvalue weighted by Crippen LogP contribution is 2.11. The normalized spacial score (nSPS) is 11.2. The Kier molecular flexibility index (Phi) is 3.90. The van der Waals surface area contributed by atoms with E-state index in [9.17, 15) is 14.9 Å². The van der Waals surface area contributed by atoms with Gasteiger partial charge in [0.1, 0.15) is 11.5 Å². The fourth-order valence-electron chi connectivity index (χ4n) is 1.47. The van der Waals surface area contributed by atoms with E-state index >= 15 is 0 Å². The van der Waals surface area contributed by atoms with Crippen molar-refractivity contribution >= 4 is 17.3 Å². The Morgan fingerprint density at radius 3 is 2.55 bits per heavy atom. The van der Waals surface area contributed by atoms with Crippen molar-refractivity contribution in [1.82, 2.24) is 5.43 Å². The third kappa shape index (κ3) is 3.08. The largest absolute Gasteiger partial charge is 0.463 e. The van der Waals surface area contributed by atoms with Gasteiger partial charge in [-0.05, 0) is 31.2 Å². The first kappa shape index (κ1) is 13.5. The topological polar surface area (TPSA) is 97.7 Å². The molecule has 102 valence electrons. The number of carbonyl (C=O) groups excluding carboxylic acids is 1. The number of non-ortho nitro benzene ring substituents is 1. The van der Waals surface area contributed by atoms with Crippen LogP contribution in [0.3, 0.4) is 0 Å². The van der Waals surface area contributed by atoms with E-state index in [0.717, 1.165) is 0 Å². The zero-order chi connectivity index (χ0) is 14.5. The quantitative estimate of drug-likeness (QED) is 0.525. The van der Waals surface area contributed by atoms with E-state index in [2.05, 4.69) is 10.5 Å². The summed E-state index contributed by atoms with van der Waals surface area (Å²) in [6.07, 6.45) is 1.51. The number of carbonyl (C=O) groups is 1. The Bertz CT molecular complexity index is 645. The predicted molar refractivity (Wildman–Crippen MR) is 71.5 cm³/mol. The molecule has 0 aliphatic rings. The minimum Gasteiger partial charge on any atom is -0.463 e. The smallest absolute Gasteiger partial charge is 0.271 e. The Balaban J connectivity index is 2.05. The molecule has 1 N–H and O–H groups in total. The van der Waals surface area contributed by atoms with Crippen molar-refractivity contribution in [2.75, 3.05) is 0 Å². The van der Waals surface area contributed by atoms with Crippen molar-refractivity contribution in [3.05, 3.63) is 64.1 Å². The monoisotopic (exact) mass is 273 g/mol. The molecule has 1 heterocycles. The molecule has 2 aromatic rings. The van der Waals surface area contributed by atoms with Crippen LogP contribution in [-0.2, 0) is 0 Å². The van der Waals surface area contributed by atoms with Gasteiger partial charge in [0.05, 0.1) is 11.2 Å². The maximum absolute atomic E-state index is 11.8. The van der Waals surface area contributed by atoms with Crippen molar-refractivity contribution in [3.63, 3.8) is 0 Å². The van der Waals surface area contributed by atoms with Crippen LogP contribution in [0.5, 0.6) is 0 Å². The van der Waals surface area contributed by atoms with E-state index in [1.165, 1.54) is 30.5 Å². The van der Waals surface area contributed by atoms with Crippen LogP contribution < -0.4 is 5.43 Å². The molecule has 7 heteroatoms. The highest BCUT2D eigenvalue weighted by Gasteiger charge is 2.09. The summed E-state index contributed by atoms with van der Waals surface area (Å²) in [5.41, 5.74) is 3.09. The predicted octanol–water partition coefficient (Wildman–Crippen LogP) is 2.34. The van der Waals surface area contributed by atoms with E-state index in [4.69, 9.17) is 4.42 Å². The Labute approximate surface area is 114 Å². The molecule has 1 aromatic heterocycles. The van der Waals surface area contributed by atoms with Gasteiger partial charge in [-0.1, -0.05) is 0 Å². The molecule has 0 saturated heterocycles. The molecular weight excluding hydrogens is 262 g/mol. The molecule has 2 rings (SSSR count). The number of nitro benzene ring substituents is 1. The Morgan fingerprint density at radius 1 is 1.30 bits per heavy atom. The van der Waals surface area contributed by atoms with Crippen molar-refractivity contribution in [2.24, 2.45) is 5.10 Å². The lowest BCUT2D eigenvalue weighted by Crippen LogP contribution is -2.19. The number of amides is 1. The second kappa shape index (κ2) is 5.79. The molecule has 1 amide bonds. The molecule has 0 radical (unpaired) electrons. The first-order chi connectivity index (χ1) is 9.58. The lowest BCUT2D eigenvalue weighted by atomic mass is 10.2. The number of nitro groups is 1. The number of hydrogen-bond acceptors (Lipinski definition) is 5. The summed E-state index contributed by atoms with van der Waals surface area (Å²) in [6, 6.07) is 8.69. The van der Waals surface area contributed by atoms with Gasteiger partial charge >= 0.3 is 0 Å². The number of nitrogens with zero attached hydrogens (tertiary/aromatic N) is 2. The molecule has 0 aliphatic heterocycles. The standard InChI is InChI=1S/C13H11N3O4/c1-9(12-3-2-8-20-12)14-15-13(17)10-4-6-11(7-5-10)16(18)19/h2-8H,1H3,(H,15,17)/b14-9+. The number of hydrazone groups is 1. The Hall–Kier alpha value is -2.96. The maximum Gasteiger partial charge on any atom is 0.271 e. The Morgan fingerprint density at radius 2 is 2.00 bits per heavy atom. The lowest BCUT2D eigenvalue weighted by molar-refractivity contribution is -0.384. The number of rotatable bonds is 4. The molecule has 0 saturated carbocycles. The minimum atomic E-state index is -0.527.